The Labute approximate surface area is 235 Å². The summed E-state index contributed by atoms with van der Waals surface area (Å²) in [5, 5.41) is 4.43. The monoisotopic (exact) mass is 590 g/mol. The third kappa shape index (κ3) is 5.76. The fourth-order valence-corrected chi connectivity index (χ4v) is 6.75. The van der Waals surface area contributed by atoms with E-state index in [2.05, 4.69) is 10.1 Å². The van der Waals surface area contributed by atoms with E-state index < -0.39 is 32.8 Å². The zero-order valence-electron chi connectivity index (χ0n) is 22.8. The first-order valence-corrected chi connectivity index (χ1v) is 14.9. The standard InChI is InChI=1S/C29H29F3N2O4S2/c1-15(2)19-13-21(16(3)4)26(22(14-19)17(5)6)40(36,37)38-34-25(27(35)29(30,31)32)28-33-24-20-10-8-7-9-18(20)11-12-23(24)39-28/h7-17H,1-6H3/b34-25+. The Balaban J connectivity index is 1.89. The number of hydrogen-bond donors (Lipinski definition) is 0. The summed E-state index contributed by atoms with van der Waals surface area (Å²) in [6.45, 7) is 11.2. The van der Waals surface area contributed by atoms with Crippen LogP contribution in [0.15, 0.2) is 58.6 Å². The molecular formula is C29H29F3N2O4S2. The molecule has 0 saturated carbocycles. The average molecular weight is 591 g/mol. The van der Waals surface area contributed by atoms with Crippen molar-refractivity contribution in [2.75, 3.05) is 0 Å². The molecule has 6 nitrogen and oxygen atoms in total. The van der Waals surface area contributed by atoms with Crippen LogP contribution in [0.2, 0.25) is 0 Å². The predicted octanol–water partition coefficient (Wildman–Crippen LogP) is 8.06. The third-order valence-corrected chi connectivity index (χ3v) is 8.78. The molecule has 0 N–H and O–H groups in total. The molecule has 1 heterocycles. The molecule has 0 unspecified atom stereocenters. The van der Waals surface area contributed by atoms with Crippen LogP contribution in [0, 0.1) is 0 Å². The summed E-state index contributed by atoms with van der Waals surface area (Å²) in [7, 11) is -4.73. The SMILES string of the molecule is CC(C)c1cc(C(C)C)c(S(=O)(=O)O/N=C(\C(=O)C(F)(F)F)c2nc3c(ccc4ccccc43)s2)c(C(C)C)c1. The molecule has 11 heteroatoms. The first-order valence-electron chi connectivity index (χ1n) is 12.7. The maximum atomic E-state index is 13.6. The lowest BCUT2D eigenvalue weighted by atomic mass is 9.89. The maximum absolute atomic E-state index is 13.6. The van der Waals surface area contributed by atoms with Crippen molar-refractivity contribution in [3.63, 3.8) is 0 Å². The number of carbonyl (C=O) groups is 1. The number of fused-ring (bicyclic) bond motifs is 3. The van der Waals surface area contributed by atoms with E-state index in [1.807, 2.05) is 53.7 Å². The molecule has 40 heavy (non-hydrogen) atoms. The number of benzene rings is 3. The van der Waals surface area contributed by atoms with Crippen molar-refractivity contribution in [2.24, 2.45) is 5.16 Å². The van der Waals surface area contributed by atoms with Gasteiger partial charge in [-0.15, -0.1) is 11.3 Å². The van der Waals surface area contributed by atoms with Crippen LogP contribution in [0.4, 0.5) is 13.2 Å². The summed E-state index contributed by atoms with van der Waals surface area (Å²) in [5.41, 5.74) is 0.986. The van der Waals surface area contributed by atoms with Crippen molar-refractivity contribution < 1.29 is 30.7 Å². The number of thiazole rings is 1. The molecular weight excluding hydrogens is 561 g/mol. The van der Waals surface area contributed by atoms with Crippen LogP contribution in [-0.2, 0) is 19.2 Å². The molecule has 3 aromatic carbocycles. The van der Waals surface area contributed by atoms with E-state index >= 15 is 0 Å². The van der Waals surface area contributed by atoms with E-state index in [0.29, 0.717) is 26.7 Å². The molecule has 0 fully saturated rings. The van der Waals surface area contributed by atoms with Gasteiger partial charge in [0.2, 0.25) is 0 Å². The van der Waals surface area contributed by atoms with Crippen LogP contribution in [0.3, 0.4) is 0 Å². The van der Waals surface area contributed by atoms with E-state index in [-0.39, 0.29) is 22.6 Å². The summed E-state index contributed by atoms with van der Waals surface area (Å²) >= 11 is 0.795. The molecule has 0 amide bonds. The van der Waals surface area contributed by atoms with Gasteiger partial charge in [-0.2, -0.15) is 21.6 Å². The van der Waals surface area contributed by atoms with Crippen LogP contribution in [0.1, 0.15) is 81.0 Å². The Bertz CT molecular complexity index is 1710. The van der Waals surface area contributed by atoms with E-state index in [4.69, 9.17) is 4.28 Å². The fourth-order valence-electron chi connectivity index (χ4n) is 4.38. The highest BCUT2D eigenvalue weighted by Crippen LogP contribution is 2.37. The fraction of sp³-hybridized carbons (Fsp3) is 0.345. The molecule has 0 atom stereocenters. The average Bonchev–Trinajstić information content (AvgIpc) is 3.31. The van der Waals surface area contributed by atoms with Crippen molar-refractivity contribution in [1.29, 1.82) is 0 Å². The minimum absolute atomic E-state index is 0.108. The Morgan fingerprint density at radius 2 is 1.52 bits per heavy atom. The summed E-state index contributed by atoms with van der Waals surface area (Å²) in [6, 6.07) is 14.1. The van der Waals surface area contributed by atoms with Crippen molar-refractivity contribution in [3.05, 3.63) is 70.2 Å². The Morgan fingerprint density at radius 1 is 0.925 bits per heavy atom. The van der Waals surface area contributed by atoms with Crippen molar-refractivity contribution in [2.45, 2.75) is 70.4 Å². The smallest absolute Gasteiger partial charge is 0.282 e. The predicted molar refractivity (Wildman–Crippen MR) is 152 cm³/mol. The Hall–Kier alpha value is -3.31. The van der Waals surface area contributed by atoms with E-state index in [1.54, 1.807) is 36.4 Å². The lowest BCUT2D eigenvalue weighted by Crippen LogP contribution is -2.32. The highest BCUT2D eigenvalue weighted by Gasteiger charge is 2.44. The Morgan fingerprint density at radius 3 is 2.08 bits per heavy atom. The van der Waals surface area contributed by atoms with Crippen LogP contribution < -0.4 is 0 Å². The second-order valence-electron chi connectivity index (χ2n) is 10.4. The lowest BCUT2D eigenvalue weighted by molar-refractivity contribution is -0.163. The topological polar surface area (TPSA) is 85.7 Å². The molecule has 0 spiro atoms. The third-order valence-electron chi connectivity index (χ3n) is 6.51. The minimum atomic E-state index is -5.34. The van der Waals surface area contributed by atoms with Crippen molar-refractivity contribution >= 4 is 53.9 Å². The second-order valence-corrected chi connectivity index (χ2v) is 12.9. The summed E-state index contributed by atoms with van der Waals surface area (Å²) in [6.07, 6.45) is -5.34. The number of Topliss-reactive ketones (excluding diaryl/α,β-unsaturated/α-hetero) is 1. The molecule has 0 aliphatic rings. The molecule has 0 saturated heterocycles. The van der Waals surface area contributed by atoms with Crippen LogP contribution in [0.25, 0.3) is 21.0 Å². The summed E-state index contributed by atoms with van der Waals surface area (Å²) in [4.78, 5) is 16.6. The van der Waals surface area contributed by atoms with Gasteiger partial charge in [0.15, 0.2) is 10.7 Å². The van der Waals surface area contributed by atoms with E-state index in [0.717, 1.165) is 22.3 Å². The van der Waals surface area contributed by atoms with Crippen LogP contribution in [-0.4, -0.2) is 31.1 Å². The first kappa shape index (κ1) is 29.7. The van der Waals surface area contributed by atoms with Gasteiger partial charge in [0.25, 0.3) is 5.78 Å². The van der Waals surface area contributed by atoms with Gasteiger partial charge in [-0.1, -0.05) is 89.2 Å². The van der Waals surface area contributed by atoms with Gasteiger partial charge in [-0.3, -0.25) is 9.08 Å². The summed E-state index contributed by atoms with van der Waals surface area (Å²) in [5.74, 6) is -2.74. The largest absolute Gasteiger partial charge is 0.456 e. The van der Waals surface area contributed by atoms with Gasteiger partial charge >= 0.3 is 16.3 Å². The number of rotatable bonds is 8. The van der Waals surface area contributed by atoms with Crippen molar-refractivity contribution in [1.82, 2.24) is 4.98 Å². The maximum Gasteiger partial charge on any atom is 0.456 e. The molecule has 4 rings (SSSR count). The number of oxime groups is 1. The molecule has 0 radical (unpaired) electrons. The molecule has 1 aromatic heterocycles. The van der Waals surface area contributed by atoms with Gasteiger partial charge in [-0.05, 0) is 45.9 Å². The highest BCUT2D eigenvalue weighted by molar-refractivity contribution is 7.86. The first-order chi connectivity index (χ1) is 18.6. The number of halogens is 3. The molecule has 0 bridgehead atoms. The lowest BCUT2D eigenvalue weighted by Gasteiger charge is -2.21. The second kappa shape index (κ2) is 10.9. The van der Waals surface area contributed by atoms with E-state index in [1.165, 1.54) is 0 Å². The zero-order valence-corrected chi connectivity index (χ0v) is 24.5. The van der Waals surface area contributed by atoms with Gasteiger partial charge in [0.1, 0.15) is 4.90 Å². The number of alkyl halides is 3. The molecule has 212 valence electrons. The van der Waals surface area contributed by atoms with Crippen LogP contribution in [0.5, 0.6) is 0 Å². The number of hydrogen-bond acceptors (Lipinski definition) is 7. The molecule has 0 aliphatic heterocycles. The highest BCUT2D eigenvalue weighted by atomic mass is 32.2. The van der Waals surface area contributed by atoms with Gasteiger partial charge in [0.05, 0.1) is 10.2 Å². The minimum Gasteiger partial charge on any atom is -0.282 e. The number of nitrogens with zero attached hydrogens (tertiary/aromatic N) is 2. The quantitative estimate of drug-likeness (QED) is 0.153. The van der Waals surface area contributed by atoms with Gasteiger partial charge in [-0.25, -0.2) is 4.98 Å². The van der Waals surface area contributed by atoms with Gasteiger partial charge < -0.3 is 0 Å². The van der Waals surface area contributed by atoms with Gasteiger partial charge in [0, 0.05) is 5.39 Å². The number of aromatic nitrogens is 1. The summed E-state index contributed by atoms with van der Waals surface area (Å²) < 4.78 is 73.5. The normalized spacial score (nSPS) is 13.2. The van der Waals surface area contributed by atoms with E-state index in [9.17, 15) is 26.4 Å². The number of carbonyl (C=O) groups excluding carboxylic acids is 1. The molecule has 4 aromatic rings. The van der Waals surface area contributed by atoms with Crippen molar-refractivity contribution in [3.8, 4) is 0 Å². The molecule has 0 aliphatic carbocycles. The van der Waals surface area contributed by atoms with Crippen LogP contribution >= 0.6 is 11.3 Å². The zero-order chi connectivity index (χ0) is 29.6. The Kier molecular flexibility index (Phi) is 8.11. The number of ketones is 1.